The first-order valence-electron chi connectivity index (χ1n) is 7.28. The van der Waals surface area contributed by atoms with Crippen LogP contribution < -0.4 is 10.6 Å². The highest BCUT2D eigenvalue weighted by Gasteiger charge is 2.15. The number of ether oxygens (including phenoxy) is 1. The maximum absolute atomic E-state index is 11.9. The van der Waals surface area contributed by atoms with Crippen molar-refractivity contribution in [1.82, 2.24) is 15.1 Å². The van der Waals surface area contributed by atoms with Crippen LogP contribution >= 0.6 is 12.4 Å². The largest absolute Gasteiger partial charge is 0.468 e. The fourth-order valence-corrected chi connectivity index (χ4v) is 2.42. The Morgan fingerprint density at radius 3 is 2.86 bits per heavy atom. The third kappa shape index (κ3) is 6.03. The topological polar surface area (TPSA) is 85.2 Å². The summed E-state index contributed by atoms with van der Waals surface area (Å²) in [5.74, 6) is 0.696. The summed E-state index contributed by atoms with van der Waals surface area (Å²) in [5.41, 5.74) is 0. The highest BCUT2D eigenvalue weighted by atomic mass is 35.5. The molecule has 2 rings (SSSR count). The number of carbonyl (C=O) groups is 2. The van der Waals surface area contributed by atoms with Crippen LogP contribution in [-0.2, 0) is 20.9 Å². The Morgan fingerprint density at radius 1 is 1.45 bits per heavy atom. The number of rotatable bonds is 6. The molecule has 22 heavy (non-hydrogen) atoms. The Kier molecular flexibility index (Phi) is 7.90. The van der Waals surface area contributed by atoms with Gasteiger partial charge in [0.15, 0.2) is 5.82 Å². The first-order valence-corrected chi connectivity index (χ1v) is 7.28. The lowest BCUT2D eigenvalue weighted by Crippen LogP contribution is -2.28. The number of piperidine rings is 1. The number of anilines is 1. The van der Waals surface area contributed by atoms with Crippen molar-refractivity contribution in [3.63, 3.8) is 0 Å². The minimum Gasteiger partial charge on any atom is -0.468 e. The fourth-order valence-electron chi connectivity index (χ4n) is 2.42. The van der Waals surface area contributed by atoms with Gasteiger partial charge in [-0.3, -0.25) is 14.3 Å². The van der Waals surface area contributed by atoms with Gasteiger partial charge in [0.25, 0.3) is 0 Å². The molecule has 1 aromatic rings. The molecule has 1 amide bonds. The van der Waals surface area contributed by atoms with Crippen molar-refractivity contribution in [2.45, 2.75) is 32.2 Å². The molecule has 2 N–H and O–H groups in total. The number of hydrogen-bond acceptors (Lipinski definition) is 5. The molecule has 0 radical (unpaired) electrons. The standard InChI is InChI=1S/C14H22N4O3.ClH/c1-21-14(20)10-18-9-6-12(17-18)16-13(19)3-2-11-4-7-15-8-5-11;/h6,9,11,15H,2-5,7-8,10H2,1H3,(H,16,17,19);1H. The number of carbonyl (C=O) groups excluding carboxylic acids is 2. The summed E-state index contributed by atoms with van der Waals surface area (Å²) in [5, 5.41) is 10.2. The van der Waals surface area contributed by atoms with E-state index in [0.717, 1.165) is 32.4 Å². The highest BCUT2D eigenvalue weighted by molar-refractivity contribution is 5.89. The second-order valence-corrected chi connectivity index (χ2v) is 5.25. The molecule has 0 aromatic carbocycles. The summed E-state index contributed by atoms with van der Waals surface area (Å²) in [6.45, 7) is 2.13. The number of hydrogen-bond donors (Lipinski definition) is 2. The Balaban J connectivity index is 0.00000242. The smallest absolute Gasteiger partial charge is 0.327 e. The van der Waals surface area contributed by atoms with E-state index in [1.54, 1.807) is 12.3 Å². The molecule has 0 atom stereocenters. The van der Waals surface area contributed by atoms with E-state index in [1.165, 1.54) is 11.8 Å². The zero-order chi connectivity index (χ0) is 15.1. The van der Waals surface area contributed by atoms with Crippen molar-refractivity contribution in [1.29, 1.82) is 0 Å². The van der Waals surface area contributed by atoms with Crippen LogP contribution in [0, 0.1) is 5.92 Å². The van der Waals surface area contributed by atoms with E-state index in [2.05, 4.69) is 20.5 Å². The molecule has 2 heterocycles. The van der Waals surface area contributed by atoms with Crippen LogP contribution in [0.3, 0.4) is 0 Å². The molecular formula is C14H23ClN4O3. The SMILES string of the molecule is COC(=O)Cn1ccc(NC(=O)CCC2CCNCC2)n1.Cl. The Labute approximate surface area is 136 Å². The summed E-state index contributed by atoms with van der Waals surface area (Å²) in [6.07, 6.45) is 5.34. The van der Waals surface area contributed by atoms with Gasteiger partial charge in [-0.05, 0) is 38.3 Å². The zero-order valence-electron chi connectivity index (χ0n) is 12.7. The van der Waals surface area contributed by atoms with Gasteiger partial charge in [0.05, 0.1) is 7.11 Å². The second kappa shape index (κ2) is 9.42. The van der Waals surface area contributed by atoms with E-state index >= 15 is 0 Å². The number of methoxy groups -OCH3 is 1. The van der Waals surface area contributed by atoms with Crippen molar-refractivity contribution in [2.75, 3.05) is 25.5 Å². The molecule has 1 saturated heterocycles. The Bertz CT molecular complexity index is 486. The lowest BCUT2D eigenvalue weighted by molar-refractivity contribution is -0.141. The number of nitrogens with one attached hydrogen (secondary N) is 2. The van der Waals surface area contributed by atoms with Crippen LogP contribution in [0.25, 0.3) is 0 Å². The third-order valence-corrected chi connectivity index (χ3v) is 3.67. The van der Waals surface area contributed by atoms with Gasteiger partial charge in [0.2, 0.25) is 5.91 Å². The van der Waals surface area contributed by atoms with Crippen LogP contribution in [0.4, 0.5) is 5.82 Å². The zero-order valence-corrected chi connectivity index (χ0v) is 13.5. The molecule has 1 aromatic heterocycles. The number of esters is 1. The van der Waals surface area contributed by atoms with Crippen LogP contribution in [0.15, 0.2) is 12.3 Å². The molecule has 1 aliphatic rings. The van der Waals surface area contributed by atoms with Crippen LogP contribution in [0.5, 0.6) is 0 Å². The first kappa shape index (κ1) is 18.4. The maximum Gasteiger partial charge on any atom is 0.327 e. The van der Waals surface area contributed by atoms with Gasteiger partial charge < -0.3 is 15.4 Å². The average Bonchev–Trinajstić information content (AvgIpc) is 2.93. The average molecular weight is 331 g/mol. The monoisotopic (exact) mass is 330 g/mol. The molecule has 0 spiro atoms. The van der Waals surface area contributed by atoms with Crippen molar-refractivity contribution >= 4 is 30.1 Å². The lowest BCUT2D eigenvalue weighted by atomic mass is 9.93. The molecule has 1 aliphatic heterocycles. The van der Waals surface area contributed by atoms with Crippen molar-refractivity contribution in [2.24, 2.45) is 5.92 Å². The van der Waals surface area contributed by atoms with Crippen LogP contribution in [0.1, 0.15) is 25.7 Å². The van der Waals surface area contributed by atoms with Gasteiger partial charge in [-0.25, -0.2) is 0 Å². The van der Waals surface area contributed by atoms with E-state index in [4.69, 9.17) is 0 Å². The third-order valence-electron chi connectivity index (χ3n) is 3.67. The normalized spacial score (nSPS) is 15.0. The van der Waals surface area contributed by atoms with Crippen molar-refractivity contribution in [3.05, 3.63) is 12.3 Å². The second-order valence-electron chi connectivity index (χ2n) is 5.25. The molecule has 1 fully saturated rings. The quantitative estimate of drug-likeness (QED) is 0.765. The van der Waals surface area contributed by atoms with Gasteiger partial charge in [0.1, 0.15) is 6.54 Å². The van der Waals surface area contributed by atoms with Crippen molar-refractivity contribution < 1.29 is 14.3 Å². The lowest BCUT2D eigenvalue weighted by Gasteiger charge is -2.21. The van der Waals surface area contributed by atoms with Crippen LogP contribution in [0.2, 0.25) is 0 Å². The first-order chi connectivity index (χ1) is 10.2. The highest BCUT2D eigenvalue weighted by Crippen LogP contribution is 2.18. The van der Waals surface area contributed by atoms with Gasteiger partial charge in [-0.15, -0.1) is 12.4 Å². The molecular weight excluding hydrogens is 308 g/mol. The number of amides is 1. The van der Waals surface area contributed by atoms with E-state index < -0.39 is 0 Å². The molecule has 7 nitrogen and oxygen atoms in total. The van der Waals surface area contributed by atoms with E-state index in [0.29, 0.717) is 18.2 Å². The summed E-state index contributed by atoms with van der Waals surface area (Å²) in [7, 11) is 1.33. The summed E-state index contributed by atoms with van der Waals surface area (Å²) < 4.78 is 6.00. The van der Waals surface area contributed by atoms with E-state index in [1.807, 2.05) is 0 Å². The molecule has 0 bridgehead atoms. The number of nitrogens with zero attached hydrogens (tertiary/aromatic N) is 2. The summed E-state index contributed by atoms with van der Waals surface area (Å²) in [4.78, 5) is 23.0. The van der Waals surface area contributed by atoms with E-state index in [9.17, 15) is 9.59 Å². The fraction of sp³-hybridized carbons (Fsp3) is 0.643. The molecule has 8 heteroatoms. The Morgan fingerprint density at radius 2 is 2.18 bits per heavy atom. The van der Waals surface area contributed by atoms with Gasteiger partial charge >= 0.3 is 5.97 Å². The summed E-state index contributed by atoms with van der Waals surface area (Å²) in [6, 6.07) is 1.67. The minimum atomic E-state index is -0.373. The number of halogens is 1. The minimum absolute atomic E-state index is 0. The molecule has 0 aliphatic carbocycles. The van der Waals surface area contributed by atoms with E-state index in [-0.39, 0.29) is 30.8 Å². The predicted octanol–water partition coefficient (Wildman–Crippen LogP) is 1.20. The molecule has 0 unspecified atom stereocenters. The maximum atomic E-state index is 11.9. The predicted molar refractivity (Wildman–Crippen MR) is 84.9 cm³/mol. The number of aromatic nitrogens is 2. The summed E-state index contributed by atoms with van der Waals surface area (Å²) >= 11 is 0. The molecule has 124 valence electrons. The van der Waals surface area contributed by atoms with Crippen molar-refractivity contribution in [3.8, 4) is 0 Å². The molecule has 0 saturated carbocycles. The van der Waals surface area contributed by atoms with Gasteiger partial charge in [0, 0.05) is 18.7 Å². The van der Waals surface area contributed by atoms with Crippen LogP contribution in [-0.4, -0.2) is 41.9 Å². The van der Waals surface area contributed by atoms with Gasteiger partial charge in [-0.2, -0.15) is 5.10 Å². The van der Waals surface area contributed by atoms with Gasteiger partial charge in [-0.1, -0.05) is 0 Å². The Hall–Kier alpha value is -1.60.